The van der Waals surface area contributed by atoms with Gasteiger partial charge < -0.3 is 14.1 Å². The molecule has 6 nitrogen and oxygen atoms in total. The van der Waals surface area contributed by atoms with Crippen LogP contribution in [0.5, 0.6) is 5.75 Å². The average Bonchev–Trinajstić information content (AvgIpc) is 3.18. The Morgan fingerprint density at radius 3 is 2.55 bits per heavy atom. The van der Waals surface area contributed by atoms with Crippen molar-refractivity contribution in [3.05, 3.63) is 24.3 Å². The first-order valence-electron chi connectivity index (χ1n) is 9.83. The van der Waals surface area contributed by atoms with Crippen molar-refractivity contribution in [1.29, 1.82) is 0 Å². The molecule has 0 spiro atoms. The van der Waals surface area contributed by atoms with E-state index in [2.05, 4.69) is 14.9 Å². The first-order valence-corrected chi connectivity index (χ1v) is 10.7. The van der Waals surface area contributed by atoms with Crippen LogP contribution in [0, 0.1) is 0 Å². The molecule has 1 amide bonds. The summed E-state index contributed by atoms with van der Waals surface area (Å²) in [5, 5.41) is 7.96. The third-order valence-corrected chi connectivity index (χ3v) is 5.92. The van der Waals surface area contributed by atoms with Crippen LogP contribution in [0.25, 0.3) is 11.5 Å². The molecule has 158 valence electrons. The molecule has 9 heteroatoms. The van der Waals surface area contributed by atoms with Gasteiger partial charge in [0, 0.05) is 18.2 Å². The van der Waals surface area contributed by atoms with Gasteiger partial charge in [-0.05, 0) is 51.0 Å². The molecule has 1 aliphatic rings. The molecule has 1 aliphatic carbocycles. The Morgan fingerprint density at radius 2 is 1.93 bits per heavy atom. The van der Waals surface area contributed by atoms with Crippen LogP contribution in [0.1, 0.15) is 46.0 Å². The maximum Gasteiger partial charge on any atom is 0.387 e. The Hall–Kier alpha value is -2.16. The molecular weight excluding hydrogens is 400 g/mol. The molecule has 1 fully saturated rings. The number of rotatable bonds is 8. The number of thioether (sulfide) groups is 1. The molecule has 0 saturated heterocycles. The van der Waals surface area contributed by atoms with Crippen LogP contribution < -0.4 is 4.74 Å². The van der Waals surface area contributed by atoms with E-state index in [1.165, 1.54) is 43.2 Å². The van der Waals surface area contributed by atoms with E-state index >= 15 is 0 Å². The Balaban J connectivity index is 1.62. The number of carbonyl (C=O) groups is 1. The van der Waals surface area contributed by atoms with Crippen molar-refractivity contribution in [2.45, 2.75) is 69.1 Å². The molecule has 1 aromatic carbocycles. The summed E-state index contributed by atoms with van der Waals surface area (Å²) in [4.78, 5) is 14.9. The number of aromatic nitrogens is 2. The Morgan fingerprint density at radius 1 is 1.24 bits per heavy atom. The Kier molecular flexibility index (Phi) is 7.46. The highest BCUT2D eigenvalue weighted by Gasteiger charge is 2.29. The zero-order chi connectivity index (χ0) is 20.8. The van der Waals surface area contributed by atoms with E-state index in [0.29, 0.717) is 23.4 Å². The van der Waals surface area contributed by atoms with Crippen molar-refractivity contribution in [2.24, 2.45) is 0 Å². The van der Waals surface area contributed by atoms with Gasteiger partial charge in [0.05, 0.1) is 5.25 Å². The van der Waals surface area contributed by atoms with Crippen LogP contribution in [0.3, 0.4) is 0 Å². The van der Waals surface area contributed by atoms with Crippen LogP contribution in [0.2, 0.25) is 0 Å². The molecule has 0 radical (unpaired) electrons. The van der Waals surface area contributed by atoms with E-state index in [9.17, 15) is 13.6 Å². The van der Waals surface area contributed by atoms with Crippen LogP contribution in [0.4, 0.5) is 8.78 Å². The van der Waals surface area contributed by atoms with Crippen LogP contribution in [-0.2, 0) is 4.79 Å². The summed E-state index contributed by atoms with van der Waals surface area (Å²) in [7, 11) is 0. The fourth-order valence-electron chi connectivity index (χ4n) is 3.57. The summed E-state index contributed by atoms with van der Waals surface area (Å²) in [6.45, 7) is 1.67. The molecule has 1 aromatic heterocycles. The minimum atomic E-state index is -2.87. The van der Waals surface area contributed by atoms with Crippen molar-refractivity contribution in [2.75, 3.05) is 6.54 Å². The maximum absolute atomic E-state index is 12.9. The number of nitrogens with zero attached hydrogens (tertiary/aromatic N) is 3. The van der Waals surface area contributed by atoms with Gasteiger partial charge in [-0.3, -0.25) is 4.79 Å². The molecule has 1 heterocycles. The van der Waals surface area contributed by atoms with Crippen LogP contribution in [0.15, 0.2) is 33.9 Å². The standard InChI is InChI=1S/C20H25F2N3O3S/c1-3-25(15-7-5-4-6-8-15)18(26)13(2)29-20-24-23-17(28-20)14-9-11-16(12-10-14)27-19(21)22/h9-13,15,19H,3-8H2,1-2H3. The van der Waals surface area contributed by atoms with E-state index in [-0.39, 0.29) is 22.8 Å². The lowest BCUT2D eigenvalue weighted by atomic mass is 9.94. The number of benzene rings is 1. The highest BCUT2D eigenvalue weighted by atomic mass is 32.2. The fraction of sp³-hybridized carbons (Fsp3) is 0.550. The van der Waals surface area contributed by atoms with Crippen molar-refractivity contribution in [3.8, 4) is 17.2 Å². The lowest BCUT2D eigenvalue weighted by Crippen LogP contribution is -2.44. The monoisotopic (exact) mass is 425 g/mol. The number of hydrogen-bond donors (Lipinski definition) is 0. The summed E-state index contributed by atoms with van der Waals surface area (Å²) in [5.41, 5.74) is 0.585. The summed E-state index contributed by atoms with van der Waals surface area (Å²) in [6, 6.07) is 6.27. The van der Waals surface area contributed by atoms with Crippen LogP contribution in [-0.4, -0.2) is 45.5 Å². The zero-order valence-corrected chi connectivity index (χ0v) is 17.3. The van der Waals surface area contributed by atoms with E-state index < -0.39 is 6.61 Å². The normalized spacial score (nSPS) is 16.0. The minimum Gasteiger partial charge on any atom is -0.435 e. The molecule has 0 N–H and O–H groups in total. The third-order valence-electron chi connectivity index (χ3n) is 5.00. The second-order valence-corrected chi connectivity index (χ2v) is 8.24. The van der Waals surface area contributed by atoms with Crippen LogP contribution >= 0.6 is 11.8 Å². The number of amides is 1. The maximum atomic E-state index is 12.9. The van der Waals surface area contributed by atoms with Gasteiger partial charge in [-0.15, -0.1) is 10.2 Å². The summed E-state index contributed by atoms with van der Waals surface area (Å²) >= 11 is 1.23. The third kappa shape index (κ3) is 5.68. The predicted octanol–water partition coefficient (Wildman–Crippen LogP) is 5.00. The fourth-order valence-corrected chi connectivity index (χ4v) is 4.33. The predicted molar refractivity (Wildman–Crippen MR) is 106 cm³/mol. The number of alkyl halides is 2. The molecule has 1 saturated carbocycles. The summed E-state index contributed by atoms with van der Waals surface area (Å²) in [5.74, 6) is 0.396. The van der Waals surface area contributed by atoms with Gasteiger partial charge in [0.15, 0.2) is 0 Å². The smallest absolute Gasteiger partial charge is 0.387 e. The van der Waals surface area contributed by atoms with Gasteiger partial charge in [0.25, 0.3) is 5.22 Å². The highest BCUT2D eigenvalue weighted by Crippen LogP contribution is 2.30. The summed E-state index contributed by atoms with van der Waals surface area (Å²) in [6.07, 6.45) is 5.71. The van der Waals surface area contributed by atoms with Gasteiger partial charge >= 0.3 is 6.61 Å². The van der Waals surface area contributed by atoms with E-state index in [0.717, 1.165) is 12.8 Å². The first-order chi connectivity index (χ1) is 14.0. The lowest BCUT2D eigenvalue weighted by Gasteiger charge is -2.34. The van der Waals surface area contributed by atoms with E-state index in [1.54, 1.807) is 12.1 Å². The number of halogens is 2. The van der Waals surface area contributed by atoms with Gasteiger partial charge in [-0.1, -0.05) is 31.0 Å². The number of ether oxygens (including phenoxy) is 1. The molecule has 0 aliphatic heterocycles. The average molecular weight is 426 g/mol. The molecule has 3 rings (SSSR count). The Labute approximate surface area is 173 Å². The zero-order valence-electron chi connectivity index (χ0n) is 16.5. The largest absolute Gasteiger partial charge is 0.435 e. The number of hydrogen-bond acceptors (Lipinski definition) is 6. The first kappa shape index (κ1) is 21.5. The minimum absolute atomic E-state index is 0.0550. The SMILES string of the molecule is CCN(C(=O)C(C)Sc1nnc(-c2ccc(OC(F)F)cc2)o1)C1CCCCC1. The second-order valence-electron chi connectivity index (χ2n) is 6.95. The van der Waals surface area contributed by atoms with E-state index in [1.807, 2.05) is 18.7 Å². The molecule has 1 atom stereocenters. The number of carbonyl (C=O) groups excluding carboxylic acids is 1. The molecule has 1 unspecified atom stereocenters. The van der Waals surface area contributed by atoms with Gasteiger partial charge in [-0.2, -0.15) is 8.78 Å². The van der Waals surface area contributed by atoms with Gasteiger partial charge in [0.1, 0.15) is 5.75 Å². The van der Waals surface area contributed by atoms with Gasteiger partial charge in [-0.25, -0.2) is 0 Å². The topological polar surface area (TPSA) is 68.5 Å². The van der Waals surface area contributed by atoms with Crippen molar-refractivity contribution in [3.63, 3.8) is 0 Å². The molecular formula is C20H25F2N3O3S. The van der Waals surface area contributed by atoms with E-state index in [4.69, 9.17) is 4.42 Å². The molecule has 29 heavy (non-hydrogen) atoms. The lowest BCUT2D eigenvalue weighted by molar-refractivity contribution is -0.133. The second kappa shape index (κ2) is 10.0. The molecule has 2 aromatic rings. The Bertz CT molecular complexity index is 795. The quantitative estimate of drug-likeness (QED) is 0.555. The van der Waals surface area contributed by atoms with Crippen molar-refractivity contribution >= 4 is 17.7 Å². The highest BCUT2D eigenvalue weighted by molar-refractivity contribution is 8.00. The van der Waals surface area contributed by atoms with Crippen molar-refractivity contribution < 1.29 is 22.7 Å². The molecule has 0 bridgehead atoms. The van der Waals surface area contributed by atoms with Crippen molar-refractivity contribution in [1.82, 2.24) is 15.1 Å². The summed E-state index contributed by atoms with van der Waals surface area (Å²) < 4.78 is 34.5. The van der Waals surface area contributed by atoms with Gasteiger partial charge in [0.2, 0.25) is 11.8 Å².